The first-order chi connectivity index (χ1) is 33.6. The Hall–Kier alpha value is -5.85. The molecule has 0 unspecified atom stereocenters. The Morgan fingerprint density at radius 2 is 1.79 bits per heavy atom. The minimum Gasteiger partial charge on any atom is -0.392 e. The number of hydrogen-bond acceptors (Lipinski definition) is 12. The largest absolute Gasteiger partial charge is 0.470 e. The molecular weight excluding hydrogens is 947 g/mol. The zero-order valence-corrected chi connectivity index (χ0v) is 42.6. The summed E-state index contributed by atoms with van der Waals surface area (Å²) in [6, 6.07) is 15.2. The Bertz CT molecular complexity index is 3030. The molecule has 0 saturated carbocycles. The first-order valence-corrected chi connectivity index (χ1v) is 25.9. The van der Waals surface area contributed by atoms with Crippen molar-refractivity contribution in [3.8, 4) is 11.3 Å². The predicted octanol–water partition coefficient (Wildman–Crippen LogP) is 6.97. The van der Waals surface area contributed by atoms with Crippen LogP contribution in [-0.2, 0) is 52.5 Å². The fourth-order valence-electron chi connectivity index (χ4n) is 11.0. The number of benzene rings is 2. The molecule has 6 heterocycles. The first-order valence-electron chi connectivity index (χ1n) is 24.0. The summed E-state index contributed by atoms with van der Waals surface area (Å²) in [6.07, 6.45) is 8.05. The third kappa shape index (κ3) is 10.2. The minimum atomic E-state index is -4.77. The third-order valence-corrected chi connectivity index (χ3v) is 15.4. The third-order valence-electron chi connectivity index (χ3n) is 14.4. The molecule has 1 aliphatic carbocycles. The van der Waals surface area contributed by atoms with Gasteiger partial charge in [0.1, 0.15) is 17.1 Å². The molecule has 2 fully saturated rings. The van der Waals surface area contributed by atoms with Gasteiger partial charge in [0.25, 0.3) is 11.5 Å². The van der Waals surface area contributed by atoms with E-state index in [-0.39, 0.29) is 29.1 Å². The van der Waals surface area contributed by atoms with Crippen molar-refractivity contribution in [2.24, 2.45) is 12.5 Å². The number of anilines is 6. The molecule has 3 aromatic heterocycles. The molecule has 9 rings (SSSR count). The van der Waals surface area contributed by atoms with E-state index in [0.29, 0.717) is 76.0 Å². The zero-order valence-electron chi connectivity index (χ0n) is 41.0. The van der Waals surface area contributed by atoms with Gasteiger partial charge in [0.2, 0.25) is 5.91 Å². The summed E-state index contributed by atoms with van der Waals surface area (Å²) >= 11 is 6.49. The second kappa shape index (κ2) is 19.3. The molecule has 71 heavy (non-hydrogen) atoms. The van der Waals surface area contributed by atoms with Crippen LogP contribution in [-0.4, -0.2) is 102 Å². The highest BCUT2D eigenvalue weighted by Gasteiger charge is 2.39. The van der Waals surface area contributed by atoms with E-state index in [0.717, 1.165) is 63.2 Å². The molecule has 5 N–H and O–H groups in total. The van der Waals surface area contributed by atoms with Gasteiger partial charge in [-0.2, -0.15) is 0 Å². The maximum Gasteiger partial charge on any atom is 0.470 e. The van der Waals surface area contributed by atoms with Gasteiger partial charge in [-0.25, -0.2) is 14.5 Å². The predicted molar refractivity (Wildman–Crippen MR) is 276 cm³/mol. The van der Waals surface area contributed by atoms with Gasteiger partial charge in [-0.15, -0.1) is 0 Å². The Balaban J connectivity index is 0.900. The van der Waals surface area contributed by atoms with E-state index < -0.39 is 25.6 Å². The van der Waals surface area contributed by atoms with Crippen LogP contribution >= 0.6 is 19.4 Å². The number of fused-ring (bicyclic) bond motifs is 3. The van der Waals surface area contributed by atoms with Crippen molar-refractivity contribution >= 4 is 65.6 Å². The van der Waals surface area contributed by atoms with Crippen LogP contribution in [0.5, 0.6) is 0 Å². The number of rotatable bonds is 13. The number of hydrogen-bond donors (Lipinski definition) is 5. The Morgan fingerprint density at radius 1 is 1.03 bits per heavy atom. The smallest absolute Gasteiger partial charge is 0.392 e. The maximum atomic E-state index is 14.1. The molecule has 1 atom stereocenters. The topological polar surface area (TPSA) is 211 Å². The number of aromatic nitrogens is 4. The number of aryl methyl sites for hydroxylation is 1. The Kier molecular flexibility index (Phi) is 13.6. The molecular formula is C51H62ClN10O8P. The zero-order chi connectivity index (χ0) is 50.7. The molecule has 4 aliphatic rings. The van der Waals surface area contributed by atoms with Gasteiger partial charge in [0.05, 0.1) is 23.7 Å². The Labute approximate surface area is 418 Å². The highest BCUT2D eigenvalue weighted by Crippen LogP contribution is 2.47. The van der Waals surface area contributed by atoms with Crippen LogP contribution in [0, 0.1) is 5.41 Å². The fourth-order valence-corrected chi connectivity index (χ4v) is 12.0. The van der Waals surface area contributed by atoms with Gasteiger partial charge in [-0.3, -0.25) is 28.7 Å². The number of aliphatic hydroxyl groups is 1. The summed E-state index contributed by atoms with van der Waals surface area (Å²) in [5.74, 6) is -0.199. The van der Waals surface area contributed by atoms with Crippen molar-refractivity contribution in [2.75, 3.05) is 64.6 Å². The van der Waals surface area contributed by atoms with E-state index >= 15 is 0 Å². The number of pyridine rings is 1. The van der Waals surface area contributed by atoms with Crippen LogP contribution in [0.25, 0.3) is 11.3 Å². The van der Waals surface area contributed by atoms with Gasteiger partial charge in [0, 0.05) is 116 Å². The van der Waals surface area contributed by atoms with Crippen molar-refractivity contribution in [3.63, 3.8) is 0 Å². The summed E-state index contributed by atoms with van der Waals surface area (Å²) in [6.45, 7) is 17.9. The normalized spacial score (nSPS) is 18.6. The molecule has 376 valence electrons. The number of nitrogens with zero attached hydrogens (tertiary/aromatic N) is 8. The van der Waals surface area contributed by atoms with Crippen molar-refractivity contribution < 1.29 is 33.6 Å². The van der Waals surface area contributed by atoms with Crippen LogP contribution in [0.1, 0.15) is 80.3 Å². The highest BCUT2D eigenvalue weighted by molar-refractivity contribution is 7.46. The molecule has 20 heteroatoms. The van der Waals surface area contributed by atoms with Crippen molar-refractivity contribution in [3.05, 3.63) is 117 Å². The van der Waals surface area contributed by atoms with Gasteiger partial charge in [0.15, 0.2) is 5.82 Å². The van der Waals surface area contributed by atoms with E-state index in [1.807, 2.05) is 30.3 Å². The molecule has 0 bridgehead atoms. The first kappa shape index (κ1) is 50.1. The average Bonchev–Trinajstić information content (AvgIpc) is 3.81. The molecule has 5 aromatic rings. The number of halogens is 1. The lowest BCUT2D eigenvalue weighted by atomic mass is 9.90. The number of piperidine rings is 1. The molecule has 2 aromatic carbocycles. The van der Waals surface area contributed by atoms with Crippen LogP contribution in [0.4, 0.5) is 34.4 Å². The number of phosphoric ester groups is 1. The van der Waals surface area contributed by atoms with Gasteiger partial charge < -0.3 is 44.5 Å². The minimum absolute atomic E-state index is 0.0209. The monoisotopic (exact) mass is 1010 g/mol. The summed E-state index contributed by atoms with van der Waals surface area (Å²) in [5.41, 5.74) is 6.08. The van der Waals surface area contributed by atoms with E-state index in [4.69, 9.17) is 21.1 Å². The molecule has 3 aliphatic heterocycles. The molecule has 2 amide bonds. The number of nitrogens with one attached hydrogen (secondary N) is 2. The van der Waals surface area contributed by atoms with E-state index in [1.54, 1.807) is 56.4 Å². The molecule has 0 radical (unpaired) electrons. The Morgan fingerprint density at radius 3 is 2.49 bits per heavy atom. The van der Waals surface area contributed by atoms with Crippen molar-refractivity contribution in [1.29, 1.82) is 0 Å². The summed E-state index contributed by atoms with van der Waals surface area (Å²) < 4.78 is 20.4. The van der Waals surface area contributed by atoms with Crippen LogP contribution in [0.3, 0.4) is 0 Å². The van der Waals surface area contributed by atoms with Gasteiger partial charge in [-0.1, -0.05) is 32.0 Å². The summed E-state index contributed by atoms with van der Waals surface area (Å²) in [5, 5.41) is 17.4. The molecule has 0 spiro atoms. The number of aliphatic hydroxyl groups excluding tert-OH is 1. The van der Waals surface area contributed by atoms with Gasteiger partial charge >= 0.3 is 7.82 Å². The van der Waals surface area contributed by atoms with Crippen molar-refractivity contribution in [2.45, 2.75) is 91.1 Å². The molecule has 2 saturated heterocycles. The van der Waals surface area contributed by atoms with E-state index in [1.165, 1.54) is 21.9 Å². The lowest BCUT2D eigenvalue weighted by Gasteiger charge is -2.47. The standard InChI is InChI=1S/C51H62ClN10O8P/c1-8-45(64)55-40-24-33(9-12-42(40)60-20-19-59(28-31(60)2)34-14-17-58(18-15-34)35-10-11-39(52)38(25-35)51(5,6)70-71(67,68)69)54-46-49(66)57(7)29-41(56-46)36-13-16-53-47(37(36)30-63)62-22-21-61-43(48(62)65)23-32-26-50(3,4)27-44(32)61/h8-13,16,23-25,29,31,34,63H,1,14-15,17-22,26-28,30H2,2-7H3,(H,54,56)(H,55,64)(H2,67,68,69)/t31-/m0/s1. The van der Waals surface area contributed by atoms with E-state index in [9.17, 15) is 33.8 Å². The van der Waals surface area contributed by atoms with Gasteiger partial charge in [-0.05, 0) is 112 Å². The number of amides is 2. The van der Waals surface area contributed by atoms with Crippen LogP contribution in [0.15, 0.2) is 78.4 Å². The molecule has 18 nitrogen and oxygen atoms in total. The van der Waals surface area contributed by atoms with Crippen molar-refractivity contribution in [1.82, 2.24) is 24.0 Å². The number of piperazine rings is 1. The van der Waals surface area contributed by atoms with E-state index in [2.05, 4.69) is 62.2 Å². The maximum absolute atomic E-state index is 14.1. The highest BCUT2D eigenvalue weighted by atomic mass is 35.5. The number of phosphoric acid groups is 1. The van der Waals surface area contributed by atoms with Crippen LogP contribution in [0.2, 0.25) is 5.02 Å². The second-order valence-corrected chi connectivity index (χ2v) is 22.0. The summed E-state index contributed by atoms with van der Waals surface area (Å²) in [4.78, 5) is 77.7. The lowest BCUT2D eigenvalue weighted by Crippen LogP contribution is -2.57. The second-order valence-electron chi connectivity index (χ2n) is 20.4. The fraction of sp³-hybridized carbons (Fsp3) is 0.431. The summed E-state index contributed by atoms with van der Waals surface area (Å²) in [7, 11) is -3.14. The average molecular weight is 1010 g/mol. The van der Waals surface area contributed by atoms with Crippen LogP contribution < -0.4 is 30.9 Å². The lowest BCUT2D eigenvalue weighted by molar-refractivity contribution is -0.111. The number of carbonyl (C=O) groups excluding carboxylic acids is 2. The number of carbonyl (C=O) groups is 2. The quantitative estimate of drug-likeness (QED) is 0.0596. The SMILES string of the molecule is C=CC(=O)Nc1cc(Nc2nc(-c3ccnc(N4CCn5c(cc6c5CC(C)(C)C6)C4=O)c3CO)cn(C)c2=O)ccc1N1CCN(C2CCN(c3ccc(Cl)c(C(C)(C)OP(=O)(O)O)c3)CC2)C[C@@H]1C.